The van der Waals surface area contributed by atoms with Crippen molar-refractivity contribution in [3.05, 3.63) is 48.0 Å². The highest BCUT2D eigenvalue weighted by Crippen LogP contribution is 2.27. The molecular formula is C13H12N2O3. The number of hydrogen-bond donors (Lipinski definition) is 0. The van der Waals surface area contributed by atoms with Gasteiger partial charge in [-0.3, -0.25) is 4.79 Å². The summed E-state index contributed by atoms with van der Waals surface area (Å²) in [5.41, 5.74) is 0.537. The summed E-state index contributed by atoms with van der Waals surface area (Å²) in [5.74, 6) is 1.64. The molecule has 0 N–H and O–H groups in total. The second kappa shape index (κ2) is 5.77. The Labute approximate surface area is 104 Å². The number of benzene rings is 1. The number of nitrogens with zero attached hydrogens (tertiary/aromatic N) is 2. The number of hydrogen-bond acceptors (Lipinski definition) is 5. The fourth-order valence-corrected chi connectivity index (χ4v) is 1.42. The molecule has 1 heterocycles. The van der Waals surface area contributed by atoms with E-state index < -0.39 is 0 Å². The minimum atomic E-state index is 0.248. The summed E-state index contributed by atoms with van der Waals surface area (Å²) in [6.45, 7) is 0.248. The molecule has 0 radical (unpaired) electrons. The molecule has 0 spiro atoms. The number of aldehydes is 1. The molecular weight excluding hydrogens is 232 g/mol. The fourth-order valence-electron chi connectivity index (χ4n) is 1.42. The molecule has 92 valence electrons. The van der Waals surface area contributed by atoms with Crippen LogP contribution in [0.3, 0.4) is 0 Å². The molecule has 0 amide bonds. The van der Waals surface area contributed by atoms with Crippen molar-refractivity contribution in [3.63, 3.8) is 0 Å². The molecule has 0 saturated heterocycles. The first-order valence-electron chi connectivity index (χ1n) is 5.35. The number of methoxy groups -OCH3 is 1. The predicted molar refractivity (Wildman–Crippen MR) is 64.7 cm³/mol. The third-order valence-corrected chi connectivity index (χ3v) is 2.30. The molecule has 1 aromatic heterocycles. The normalized spacial score (nSPS) is 9.83. The molecule has 0 aliphatic rings. The molecule has 0 saturated carbocycles. The Bertz CT molecular complexity index is 529. The summed E-state index contributed by atoms with van der Waals surface area (Å²) in [7, 11) is 1.52. The third kappa shape index (κ3) is 2.82. The highest BCUT2D eigenvalue weighted by atomic mass is 16.5. The Kier molecular flexibility index (Phi) is 3.86. The number of rotatable bonds is 5. The van der Waals surface area contributed by atoms with Gasteiger partial charge in [0, 0.05) is 18.0 Å². The van der Waals surface area contributed by atoms with Crippen molar-refractivity contribution in [3.8, 4) is 11.5 Å². The molecule has 0 atom stereocenters. The van der Waals surface area contributed by atoms with E-state index in [1.165, 1.54) is 7.11 Å². The third-order valence-electron chi connectivity index (χ3n) is 2.30. The van der Waals surface area contributed by atoms with Crippen LogP contribution in [0.1, 0.15) is 16.2 Å². The van der Waals surface area contributed by atoms with Gasteiger partial charge in [0.15, 0.2) is 17.3 Å². The van der Waals surface area contributed by atoms with Gasteiger partial charge in [0.2, 0.25) is 0 Å². The van der Waals surface area contributed by atoms with E-state index in [1.807, 2.05) is 0 Å². The van der Waals surface area contributed by atoms with Gasteiger partial charge in [-0.2, -0.15) is 0 Å². The maximum absolute atomic E-state index is 10.6. The Hall–Kier alpha value is -2.43. The number of carbonyl (C=O) groups is 1. The Morgan fingerprint density at radius 2 is 2.00 bits per heavy atom. The van der Waals surface area contributed by atoms with Gasteiger partial charge in [-0.15, -0.1) is 0 Å². The fraction of sp³-hybridized carbons (Fsp3) is 0.154. The van der Waals surface area contributed by atoms with Crippen molar-refractivity contribution in [2.24, 2.45) is 0 Å². The van der Waals surface area contributed by atoms with Crippen molar-refractivity contribution in [1.29, 1.82) is 0 Å². The van der Waals surface area contributed by atoms with E-state index in [2.05, 4.69) is 9.97 Å². The van der Waals surface area contributed by atoms with Crippen molar-refractivity contribution in [2.45, 2.75) is 6.61 Å². The lowest BCUT2D eigenvalue weighted by atomic mass is 10.2. The SMILES string of the molecule is COc1cc(C=O)ccc1OCc1ncccn1. The highest BCUT2D eigenvalue weighted by molar-refractivity contribution is 5.76. The molecule has 5 nitrogen and oxygen atoms in total. The van der Waals surface area contributed by atoms with E-state index >= 15 is 0 Å². The van der Waals surface area contributed by atoms with Crippen molar-refractivity contribution in [1.82, 2.24) is 9.97 Å². The minimum Gasteiger partial charge on any atom is -0.493 e. The standard InChI is InChI=1S/C13H12N2O3/c1-17-12-7-10(8-16)3-4-11(12)18-9-13-14-5-2-6-15-13/h2-8H,9H2,1H3. The Morgan fingerprint density at radius 1 is 1.22 bits per heavy atom. The first-order chi connectivity index (χ1) is 8.83. The zero-order valence-corrected chi connectivity index (χ0v) is 9.87. The minimum absolute atomic E-state index is 0.248. The van der Waals surface area contributed by atoms with Gasteiger partial charge < -0.3 is 9.47 Å². The van der Waals surface area contributed by atoms with Crippen LogP contribution in [-0.4, -0.2) is 23.4 Å². The van der Waals surface area contributed by atoms with E-state index in [-0.39, 0.29) is 6.61 Å². The largest absolute Gasteiger partial charge is 0.493 e. The lowest BCUT2D eigenvalue weighted by Gasteiger charge is -2.10. The smallest absolute Gasteiger partial charge is 0.166 e. The molecule has 2 rings (SSSR count). The van der Waals surface area contributed by atoms with Crippen LogP contribution in [0.15, 0.2) is 36.7 Å². The van der Waals surface area contributed by atoms with Gasteiger partial charge in [0.05, 0.1) is 7.11 Å². The van der Waals surface area contributed by atoms with Gasteiger partial charge in [0.25, 0.3) is 0 Å². The molecule has 0 fully saturated rings. The lowest BCUT2D eigenvalue weighted by molar-refractivity contribution is 0.112. The molecule has 0 aliphatic heterocycles. The first-order valence-corrected chi connectivity index (χ1v) is 5.35. The number of aromatic nitrogens is 2. The maximum Gasteiger partial charge on any atom is 0.166 e. The van der Waals surface area contributed by atoms with E-state index in [1.54, 1.807) is 36.7 Å². The predicted octanol–water partition coefficient (Wildman–Crippen LogP) is 1.88. The van der Waals surface area contributed by atoms with Crippen LogP contribution in [-0.2, 0) is 6.61 Å². The monoisotopic (exact) mass is 244 g/mol. The lowest BCUT2D eigenvalue weighted by Crippen LogP contribution is -2.01. The summed E-state index contributed by atoms with van der Waals surface area (Å²) in [4.78, 5) is 18.7. The molecule has 5 heteroatoms. The van der Waals surface area contributed by atoms with E-state index in [4.69, 9.17) is 9.47 Å². The van der Waals surface area contributed by atoms with Gasteiger partial charge in [-0.1, -0.05) is 0 Å². The summed E-state index contributed by atoms with van der Waals surface area (Å²) in [6.07, 6.45) is 4.06. The van der Waals surface area contributed by atoms with Crippen LogP contribution in [0, 0.1) is 0 Å². The van der Waals surface area contributed by atoms with Gasteiger partial charge in [-0.05, 0) is 24.3 Å². The summed E-state index contributed by atoms with van der Waals surface area (Å²) in [5, 5.41) is 0. The van der Waals surface area contributed by atoms with Crippen molar-refractivity contribution in [2.75, 3.05) is 7.11 Å². The van der Waals surface area contributed by atoms with Crippen LogP contribution in [0.25, 0.3) is 0 Å². The van der Waals surface area contributed by atoms with Gasteiger partial charge in [-0.25, -0.2) is 9.97 Å². The van der Waals surface area contributed by atoms with Crippen LogP contribution < -0.4 is 9.47 Å². The molecule has 18 heavy (non-hydrogen) atoms. The summed E-state index contributed by atoms with van der Waals surface area (Å²) < 4.78 is 10.7. The van der Waals surface area contributed by atoms with Crippen LogP contribution in [0.5, 0.6) is 11.5 Å². The zero-order valence-electron chi connectivity index (χ0n) is 9.87. The van der Waals surface area contributed by atoms with E-state index in [0.717, 1.165) is 6.29 Å². The van der Waals surface area contributed by atoms with Crippen LogP contribution in [0.4, 0.5) is 0 Å². The highest BCUT2D eigenvalue weighted by Gasteiger charge is 2.06. The second-order valence-corrected chi connectivity index (χ2v) is 3.48. The summed E-state index contributed by atoms with van der Waals surface area (Å²) in [6, 6.07) is 6.71. The van der Waals surface area contributed by atoms with Gasteiger partial charge >= 0.3 is 0 Å². The summed E-state index contributed by atoms with van der Waals surface area (Å²) >= 11 is 0. The Morgan fingerprint density at radius 3 is 2.67 bits per heavy atom. The number of ether oxygens (including phenoxy) is 2. The average molecular weight is 244 g/mol. The molecule has 1 aromatic carbocycles. The molecule has 0 aliphatic carbocycles. The molecule has 0 unspecified atom stereocenters. The molecule has 2 aromatic rings. The second-order valence-electron chi connectivity index (χ2n) is 3.48. The quantitative estimate of drug-likeness (QED) is 0.751. The molecule has 0 bridgehead atoms. The first kappa shape index (κ1) is 12.0. The van der Waals surface area contributed by atoms with Crippen molar-refractivity contribution >= 4 is 6.29 Å². The van der Waals surface area contributed by atoms with E-state index in [0.29, 0.717) is 22.9 Å². The van der Waals surface area contributed by atoms with Crippen LogP contribution in [0.2, 0.25) is 0 Å². The Balaban J connectivity index is 2.11. The zero-order chi connectivity index (χ0) is 12.8. The topological polar surface area (TPSA) is 61.3 Å². The van der Waals surface area contributed by atoms with Gasteiger partial charge in [0.1, 0.15) is 12.9 Å². The van der Waals surface area contributed by atoms with E-state index in [9.17, 15) is 4.79 Å². The average Bonchev–Trinajstić information content (AvgIpc) is 2.46. The van der Waals surface area contributed by atoms with Crippen LogP contribution >= 0.6 is 0 Å². The maximum atomic E-state index is 10.6. The van der Waals surface area contributed by atoms with Crippen molar-refractivity contribution < 1.29 is 14.3 Å². The number of carbonyl (C=O) groups excluding carboxylic acids is 1.